The fourth-order valence-corrected chi connectivity index (χ4v) is 5.20. The van der Waals surface area contributed by atoms with Crippen LogP contribution in [0, 0.1) is 18.3 Å². The molecule has 0 spiro atoms. The zero-order chi connectivity index (χ0) is 28.2. The lowest BCUT2D eigenvalue weighted by Gasteiger charge is -2.08. The molecule has 1 N–H and O–H groups in total. The third kappa shape index (κ3) is 5.63. The molecule has 4 aromatic carbocycles. The largest absolute Gasteiger partial charge is 0.331 e. The Morgan fingerprint density at radius 3 is 2.20 bits per heavy atom. The van der Waals surface area contributed by atoms with Crippen molar-refractivity contribution in [3.8, 4) is 34.4 Å². The van der Waals surface area contributed by atoms with Gasteiger partial charge in [0.15, 0.2) is 10.1 Å². The third-order valence-electron chi connectivity index (χ3n) is 6.26. The van der Waals surface area contributed by atoms with Crippen LogP contribution in [0.1, 0.15) is 11.1 Å². The number of aryl methyl sites for hydroxylation is 1. The van der Waals surface area contributed by atoms with Crippen molar-refractivity contribution >= 4 is 44.4 Å². The summed E-state index contributed by atoms with van der Waals surface area (Å²) in [5.74, 6) is 0. The van der Waals surface area contributed by atoms with Crippen molar-refractivity contribution in [3.05, 3.63) is 125 Å². The lowest BCUT2D eigenvalue weighted by atomic mass is 10.0. The lowest BCUT2D eigenvalue weighted by Crippen LogP contribution is -1.99. The maximum absolute atomic E-state index is 10.5. The van der Waals surface area contributed by atoms with Crippen molar-refractivity contribution < 1.29 is 0 Å². The average molecular weight is 572 g/mol. The van der Waals surface area contributed by atoms with E-state index in [0.29, 0.717) is 43.5 Å². The van der Waals surface area contributed by atoms with E-state index in [-0.39, 0.29) is 0 Å². The van der Waals surface area contributed by atoms with Gasteiger partial charge in [0.1, 0.15) is 23.0 Å². The van der Waals surface area contributed by atoms with Crippen LogP contribution in [0.15, 0.2) is 119 Å². The van der Waals surface area contributed by atoms with Gasteiger partial charge < -0.3 is 5.32 Å². The molecular weight excluding hydrogens is 550 g/mol. The summed E-state index contributed by atoms with van der Waals surface area (Å²) in [5, 5.41) is 29.5. The summed E-state index contributed by atoms with van der Waals surface area (Å²) in [5.41, 5.74) is 6.31. The average Bonchev–Trinajstić information content (AvgIpc) is 3.59. The number of benzene rings is 4. The van der Waals surface area contributed by atoms with Crippen LogP contribution in [0.2, 0.25) is 5.02 Å². The summed E-state index contributed by atoms with van der Waals surface area (Å²) in [6.45, 7) is 2.03. The first kappa shape index (κ1) is 26.1. The zero-order valence-electron chi connectivity index (χ0n) is 21.9. The predicted octanol–water partition coefficient (Wildman–Crippen LogP) is 9.66. The lowest BCUT2D eigenvalue weighted by molar-refractivity contribution is 0.889. The second kappa shape index (κ2) is 11.6. The number of para-hydroxylation sites is 1. The highest BCUT2D eigenvalue weighted by Gasteiger charge is 2.26. The molecule has 2 heterocycles. The molecule has 198 valence electrons. The molecule has 7 nitrogen and oxygen atoms in total. The second-order valence-corrected chi connectivity index (χ2v) is 10.6. The van der Waals surface area contributed by atoms with E-state index in [2.05, 4.69) is 21.6 Å². The summed E-state index contributed by atoms with van der Waals surface area (Å²) >= 11 is 7.38. The highest BCUT2D eigenvalue weighted by atomic mass is 35.5. The number of anilines is 2. The van der Waals surface area contributed by atoms with E-state index >= 15 is 0 Å². The molecule has 0 saturated heterocycles. The minimum Gasteiger partial charge on any atom is -0.331 e. The zero-order valence-corrected chi connectivity index (χ0v) is 23.4. The van der Waals surface area contributed by atoms with Crippen molar-refractivity contribution in [1.29, 1.82) is 5.26 Å². The molecule has 0 aliphatic carbocycles. The molecule has 6 rings (SSSR count). The minimum atomic E-state index is 0.399. The van der Waals surface area contributed by atoms with Crippen LogP contribution >= 0.6 is 22.9 Å². The number of thiazole rings is 1. The monoisotopic (exact) mass is 571 g/mol. The Kier molecular flexibility index (Phi) is 7.37. The number of azo groups is 1. The van der Waals surface area contributed by atoms with Crippen LogP contribution < -0.4 is 5.32 Å². The number of hydrogen-bond donors (Lipinski definition) is 1. The van der Waals surface area contributed by atoms with Crippen LogP contribution in [0.3, 0.4) is 0 Å². The van der Waals surface area contributed by atoms with Gasteiger partial charge in [-0.05, 0) is 55.5 Å². The van der Waals surface area contributed by atoms with Gasteiger partial charge in [-0.3, -0.25) is 0 Å². The molecule has 0 fully saturated rings. The molecule has 6 aromatic rings. The van der Waals surface area contributed by atoms with Crippen molar-refractivity contribution in [1.82, 2.24) is 14.8 Å². The molecule has 0 amide bonds. The van der Waals surface area contributed by atoms with E-state index < -0.39 is 0 Å². The Labute approximate surface area is 246 Å². The van der Waals surface area contributed by atoms with Gasteiger partial charge >= 0.3 is 0 Å². The SMILES string of the molecule is Cc1ccc(-n2nc(-c3nc(Nc4ccccc4)sc3N=Nc3ccc(Cl)cc3)c(C#N)c2-c2ccccc2)cc1. The van der Waals surface area contributed by atoms with Crippen molar-refractivity contribution in [3.63, 3.8) is 0 Å². The first-order valence-corrected chi connectivity index (χ1v) is 13.9. The normalized spacial score (nSPS) is 11.0. The van der Waals surface area contributed by atoms with E-state index in [4.69, 9.17) is 21.7 Å². The van der Waals surface area contributed by atoms with E-state index in [0.717, 1.165) is 22.5 Å². The number of aromatic nitrogens is 3. The first-order chi connectivity index (χ1) is 20.1. The van der Waals surface area contributed by atoms with E-state index in [9.17, 15) is 5.26 Å². The van der Waals surface area contributed by atoms with Gasteiger partial charge in [0.05, 0.1) is 17.1 Å². The quantitative estimate of drug-likeness (QED) is 0.193. The summed E-state index contributed by atoms with van der Waals surface area (Å²) in [6, 6.07) is 37.0. The Bertz CT molecular complexity index is 1870. The van der Waals surface area contributed by atoms with Gasteiger partial charge in [-0.1, -0.05) is 89.2 Å². The molecule has 41 heavy (non-hydrogen) atoms. The van der Waals surface area contributed by atoms with E-state index in [1.165, 1.54) is 11.3 Å². The third-order valence-corrected chi connectivity index (χ3v) is 7.37. The van der Waals surface area contributed by atoms with Gasteiger partial charge in [-0.2, -0.15) is 10.4 Å². The minimum absolute atomic E-state index is 0.399. The number of hydrogen-bond acceptors (Lipinski definition) is 7. The Balaban J connectivity index is 1.54. The fraction of sp³-hybridized carbons (Fsp3) is 0.0312. The smallest absolute Gasteiger partial charge is 0.189 e. The molecule has 0 radical (unpaired) electrons. The number of nitrogens with zero attached hydrogens (tertiary/aromatic N) is 6. The summed E-state index contributed by atoms with van der Waals surface area (Å²) in [4.78, 5) is 4.87. The highest BCUT2D eigenvalue weighted by molar-refractivity contribution is 7.19. The maximum atomic E-state index is 10.5. The molecule has 0 aliphatic heterocycles. The first-order valence-electron chi connectivity index (χ1n) is 12.8. The number of nitrogens with one attached hydrogen (secondary N) is 1. The van der Waals surface area contributed by atoms with E-state index in [1.54, 1.807) is 28.9 Å². The molecule has 0 unspecified atom stereocenters. The molecular formula is C32H22ClN7S. The van der Waals surface area contributed by atoms with Crippen LogP contribution in [-0.2, 0) is 0 Å². The summed E-state index contributed by atoms with van der Waals surface area (Å²) in [7, 11) is 0. The van der Waals surface area contributed by atoms with Crippen molar-refractivity contribution in [2.24, 2.45) is 10.2 Å². The van der Waals surface area contributed by atoms with Crippen LogP contribution in [-0.4, -0.2) is 14.8 Å². The fourth-order valence-electron chi connectivity index (χ4n) is 4.27. The molecule has 0 saturated carbocycles. The Hall–Kier alpha value is -5.10. The topological polar surface area (TPSA) is 91.2 Å². The standard InChI is InChI=1S/C32H22ClN7S/c1-21-12-18-26(19-13-21)40-30(22-8-4-2-5-9-22)27(20-34)28(39-40)29-31(38-37-25-16-14-23(33)15-17-25)41-32(36-29)35-24-10-6-3-7-11-24/h2-19H,1H3,(H,35,36). The number of nitriles is 1. The second-order valence-electron chi connectivity index (χ2n) is 9.14. The van der Waals surface area contributed by atoms with Gasteiger partial charge in [-0.15, -0.1) is 10.2 Å². The van der Waals surface area contributed by atoms with Gasteiger partial charge in [0, 0.05) is 16.3 Å². The molecule has 2 aromatic heterocycles. The van der Waals surface area contributed by atoms with Crippen LogP contribution in [0.5, 0.6) is 0 Å². The number of rotatable bonds is 7. The van der Waals surface area contributed by atoms with Gasteiger partial charge in [0.25, 0.3) is 0 Å². The van der Waals surface area contributed by atoms with Crippen molar-refractivity contribution in [2.45, 2.75) is 6.92 Å². The Morgan fingerprint density at radius 2 is 1.51 bits per heavy atom. The van der Waals surface area contributed by atoms with Gasteiger partial charge in [0.2, 0.25) is 0 Å². The maximum Gasteiger partial charge on any atom is 0.189 e. The molecule has 9 heteroatoms. The molecule has 0 aliphatic rings. The Morgan fingerprint density at radius 1 is 0.829 bits per heavy atom. The highest BCUT2D eigenvalue weighted by Crippen LogP contribution is 2.43. The molecule has 0 bridgehead atoms. The van der Waals surface area contributed by atoms with Crippen LogP contribution in [0.25, 0.3) is 28.3 Å². The molecule has 0 atom stereocenters. The van der Waals surface area contributed by atoms with Crippen molar-refractivity contribution in [2.75, 3.05) is 5.32 Å². The van der Waals surface area contributed by atoms with E-state index in [1.807, 2.05) is 91.9 Å². The summed E-state index contributed by atoms with van der Waals surface area (Å²) in [6.07, 6.45) is 0. The van der Waals surface area contributed by atoms with Gasteiger partial charge in [-0.25, -0.2) is 9.67 Å². The number of halogens is 1. The van der Waals surface area contributed by atoms with Crippen LogP contribution in [0.4, 0.5) is 21.5 Å². The summed E-state index contributed by atoms with van der Waals surface area (Å²) < 4.78 is 1.80. The predicted molar refractivity (Wildman–Crippen MR) is 165 cm³/mol.